The van der Waals surface area contributed by atoms with E-state index in [1.165, 1.54) is 10.6 Å². The zero-order chi connectivity index (χ0) is 17.0. The quantitative estimate of drug-likeness (QED) is 0.607. The summed E-state index contributed by atoms with van der Waals surface area (Å²) >= 11 is 2.05. The minimum atomic E-state index is -0.459. The number of benzene rings is 2. The Morgan fingerprint density at radius 2 is 1.42 bits per heavy atom. The molecule has 0 aromatic heterocycles. The molecule has 0 saturated carbocycles. The first-order valence-corrected chi connectivity index (χ1v) is 10.8. The molecule has 24 heavy (non-hydrogen) atoms. The normalized spacial score (nSPS) is 14.7. The van der Waals surface area contributed by atoms with Crippen molar-refractivity contribution < 1.29 is 0 Å². The number of allylic oxidation sites excluding steroid dienone is 3. The van der Waals surface area contributed by atoms with Crippen LogP contribution in [-0.2, 0) is 0 Å². The highest BCUT2D eigenvalue weighted by molar-refractivity contribution is 8.00. The maximum atomic E-state index is 2.38. The molecule has 0 fully saturated rings. The van der Waals surface area contributed by atoms with Crippen LogP contribution in [0.2, 0.25) is 0 Å². The Morgan fingerprint density at radius 3 is 1.92 bits per heavy atom. The van der Waals surface area contributed by atoms with E-state index in [1.807, 2.05) is 0 Å². The Bertz CT molecular complexity index is 684. The Kier molecular flexibility index (Phi) is 5.64. The molecule has 2 aromatic carbocycles. The first-order valence-electron chi connectivity index (χ1n) is 8.47. The summed E-state index contributed by atoms with van der Waals surface area (Å²) in [4.78, 5) is 0. The Morgan fingerprint density at radius 1 is 0.875 bits per heavy atom. The van der Waals surface area contributed by atoms with Crippen LogP contribution in [0.5, 0.6) is 0 Å². The number of hydrogen-bond acceptors (Lipinski definition) is 1. The van der Waals surface area contributed by atoms with Gasteiger partial charge in [-0.2, -0.15) is 11.8 Å². The van der Waals surface area contributed by atoms with Crippen molar-refractivity contribution in [1.82, 2.24) is 0 Å². The van der Waals surface area contributed by atoms with Crippen molar-refractivity contribution in [2.75, 3.05) is 5.75 Å². The highest BCUT2D eigenvalue weighted by Crippen LogP contribution is 2.48. The molecule has 0 spiro atoms. The monoisotopic (exact) mass is 352 g/mol. The van der Waals surface area contributed by atoms with E-state index in [0.29, 0.717) is 4.75 Å². The summed E-state index contributed by atoms with van der Waals surface area (Å²) in [5, 5.41) is 4.44. The van der Waals surface area contributed by atoms with Gasteiger partial charge in [-0.25, -0.2) is 0 Å². The zero-order valence-electron chi connectivity index (χ0n) is 14.7. The lowest BCUT2D eigenvalue weighted by Crippen LogP contribution is -2.14. The molecule has 0 saturated heterocycles. The third kappa shape index (κ3) is 4.41. The van der Waals surface area contributed by atoms with Crippen molar-refractivity contribution in [3.05, 3.63) is 83.7 Å². The van der Waals surface area contributed by atoms with Gasteiger partial charge in [0, 0.05) is 10.5 Å². The van der Waals surface area contributed by atoms with E-state index >= 15 is 0 Å². The second-order valence-electron chi connectivity index (χ2n) is 7.00. The van der Waals surface area contributed by atoms with Crippen LogP contribution in [0.1, 0.15) is 27.2 Å². The van der Waals surface area contributed by atoms with E-state index in [-0.39, 0.29) is 0 Å². The highest BCUT2D eigenvalue weighted by atomic mass is 32.2. The Labute approximate surface area is 151 Å². The standard InChI is InChI=1S/C22H25PS/c1-22(2,3)24-17-18-11-10-16-21(18)23(19-12-6-4-7-13-19)20-14-8-5-9-15-20/h4-10,12-16H,11,17H2,1-3H3. The molecule has 1 aliphatic rings. The third-order valence-electron chi connectivity index (χ3n) is 3.95. The van der Waals surface area contributed by atoms with Gasteiger partial charge in [-0.3, -0.25) is 0 Å². The maximum Gasteiger partial charge on any atom is 0.0161 e. The van der Waals surface area contributed by atoms with E-state index < -0.39 is 7.92 Å². The fourth-order valence-corrected chi connectivity index (χ4v) is 6.31. The van der Waals surface area contributed by atoms with Crippen molar-refractivity contribution >= 4 is 30.3 Å². The summed E-state index contributed by atoms with van der Waals surface area (Å²) in [5.74, 6) is 1.13. The molecule has 3 rings (SSSR count). The van der Waals surface area contributed by atoms with Crippen molar-refractivity contribution in [3.63, 3.8) is 0 Å². The van der Waals surface area contributed by atoms with Crippen LogP contribution >= 0.6 is 19.7 Å². The molecule has 0 bridgehead atoms. The fraction of sp³-hybridized carbons (Fsp3) is 0.273. The van der Waals surface area contributed by atoms with E-state index in [2.05, 4.69) is 105 Å². The van der Waals surface area contributed by atoms with Crippen LogP contribution in [0.15, 0.2) is 83.7 Å². The van der Waals surface area contributed by atoms with Gasteiger partial charge < -0.3 is 0 Å². The molecule has 2 aromatic rings. The van der Waals surface area contributed by atoms with Crippen LogP contribution in [-0.4, -0.2) is 10.5 Å². The summed E-state index contributed by atoms with van der Waals surface area (Å²) < 4.78 is 0.308. The molecule has 124 valence electrons. The average molecular weight is 352 g/mol. The predicted molar refractivity (Wildman–Crippen MR) is 112 cm³/mol. The van der Waals surface area contributed by atoms with Gasteiger partial charge in [0.2, 0.25) is 0 Å². The Balaban J connectivity index is 2.00. The van der Waals surface area contributed by atoms with Crippen molar-refractivity contribution in [2.24, 2.45) is 0 Å². The predicted octanol–water partition coefficient (Wildman–Crippen LogP) is 5.87. The molecule has 0 amide bonds. The topological polar surface area (TPSA) is 0 Å². The van der Waals surface area contributed by atoms with Gasteiger partial charge in [-0.15, -0.1) is 0 Å². The van der Waals surface area contributed by atoms with Gasteiger partial charge in [0.25, 0.3) is 0 Å². The van der Waals surface area contributed by atoms with E-state index in [9.17, 15) is 0 Å². The van der Waals surface area contributed by atoms with Crippen LogP contribution < -0.4 is 10.6 Å². The lowest BCUT2D eigenvalue weighted by atomic mass is 10.2. The lowest BCUT2D eigenvalue weighted by Gasteiger charge is -2.23. The lowest BCUT2D eigenvalue weighted by molar-refractivity contribution is 0.803. The van der Waals surface area contributed by atoms with Crippen LogP contribution in [0.25, 0.3) is 0 Å². The molecule has 0 unspecified atom stereocenters. The summed E-state index contributed by atoms with van der Waals surface area (Å²) in [6.45, 7) is 6.91. The maximum absolute atomic E-state index is 2.38. The van der Waals surface area contributed by atoms with Crippen molar-refractivity contribution in [2.45, 2.75) is 31.9 Å². The second kappa shape index (κ2) is 7.72. The smallest absolute Gasteiger partial charge is 0.0161 e. The molecular weight excluding hydrogens is 327 g/mol. The average Bonchev–Trinajstić information content (AvgIpc) is 3.03. The summed E-state index contributed by atoms with van der Waals surface area (Å²) in [7, 11) is -0.459. The molecule has 0 aliphatic heterocycles. The van der Waals surface area contributed by atoms with Crippen molar-refractivity contribution in [1.29, 1.82) is 0 Å². The molecule has 0 heterocycles. The molecular formula is C22H25PS. The first kappa shape index (κ1) is 17.5. The molecule has 0 nitrogen and oxygen atoms in total. The van der Waals surface area contributed by atoms with Gasteiger partial charge in [-0.1, -0.05) is 93.6 Å². The van der Waals surface area contributed by atoms with E-state index in [4.69, 9.17) is 0 Å². The third-order valence-corrected chi connectivity index (χ3v) is 7.89. The van der Waals surface area contributed by atoms with Gasteiger partial charge in [0.1, 0.15) is 0 Å². The van der Waals surface area contributed by atoms with Gasteiger partial charge in [0.15, 0.2) is 0 Å². The zero-order valence-corrected chi connectivity index (χ0v) is 16.4. The molecule has 2 heteroatoms. The summed E-state index contributed by atoms with van der Waals surface area (Å²) in [6, 6.07) is 22.0. The SMILES string of the molecule is CC(C)(C)SCC1=C(P(c2ccccc2)c2ccccc2)C=CC1. The summed E-state index contributed by atoms with van der Waals surface area (Å²) in [6.07, 6.45) is 5.83. The number of hydrogen-bond donors (Lipinski definition) is 0. The molecule has 1 aliphatic carbocycles. The largest absolute Gasteiger partial charge is 0.152 e. The fourth-order valence-electron chi connectivity index (χ4n) is 2.79. The Hall–Kier alpha value is -1.30. The van der Waals surface area contributed by atoms with Crippen LogP contribution in [0.3, 0.4) is 0 Å². The molecule has 0 N–H and O–H groups in total. The first-order chi connectivity index (χ1) is 11.5. The highest BCUT2D eigenvalue weighted by Gasteiger charge is 2.23. The number of rotatable bonds is 5. The van der Waals surface area contributed by atoms with Crippen molar-refractivity contribution in [3.8, 4) is 0 Å². The van der Waals surface area contributed by atoms with E-state index in [0.717, 1.165) is 12.2 Å². The van der Waals surface area contributed by atoms with Gasteiger partial charge in [-0.05, 0) is 35.8 Å². The van der Waals surface area contributed by atoms with E-state index in [1.54, 1.807) is 10.9 Å². The number of thioether (sulfide) groups is 1. The van der Waals surface area contributed by atoms with Crippen LogP contribution in [0, 0.1) is 0 Å². The summed E-state index contributed by atoms with van der Waals surface area (Å²) in [5.41, 5.74) is 1.61. The second-order valence-corrected chi connectivity index (χ2v) is 11.0. The van der Waals surface area contributed by atoms with Gasteiger partial charge >= 0.3 is 0 Å². The van der Waals surface area contributed by atoms with Gasteiger partial charge in [0.05, 0.1) is 0 Å². The minimum Gasteiger partial charge on any atom is -0.152 e. The minimum absolute atomic E-state index is 0.308. The molecule has 0 radical (unpaired) electrons. The molecule has 0 atom stereocenters. The van der Waals surface area contributed by atoms with Crippen LogP contribution in [0.4, 0.5) is 0 Å².